The molecule has 0 aliphatic carbocycles. The molecule has 1 atom stereocenters. The molecular weight excluding hydrogens is 160 g/mol. The Bertz CT molecular complexity index is 307. The van der Waals surface area contributed by atoms with Crippen molar-refractivity contribution in [1.82, 2.24) is 0 Å². The molecule has 0 aliphatic rings. The monoisotopic (exact) mass is 174 g/mol. The number of hydrogen-bond acceptors (Lipinski definition) is 1. The maximum atomic E-state index is 9.10. The number of benzene rings is 1. The van der Waals surface area contributed by atoms with Gasteiger partial charge in [0.15, 0.2) is 0 Å². The van der Waals surface area contributed by atoms with Crippen LogP contribution in [-0.2, 0) is 6.42 Å². The van der Waals surface area contributed by atoms with Gasteiger partial charge in [-0.2, -0.15) is 0 Å². The summed E-state index contributed by atoms with van der Waals surface area (Å²) in [5.41, 5.74) is 2.10. The van der Waals surface area contributed by atoms with Gasteiger partial charge in [0.05, 0.1) is 6.10 Å². The molecule has 1 nitrogen and oxygen atoms in total. The first-order valence-corrected chi connectivity index (χ1v) is 4.46. The highest BCUT2D eigenvalue weighted by atomic mass is 16.3. The van der Waals surface area contributed by atoms with Crippen LogP contribution in [0.5, 0.6) is 0 Å². The van der Waals surface area contributed by atoms with Crippen LogP contribution in [0.25, 0.3) is 0 Å². The number of terminal acetylenes is 1. The molecule has 68 valence electrons. The molecule has 0 radical (unpaired) electrons. The van der Waals surface area contributed by atoms with E-state index in [1.165, 1.54) is 5.56 Å². The predicted molar refractivity (Wildman–Crippen MR) is 54.4 cm³/mol. The lowest BCUT2D eigenvalue weighted by Gasteiger charge is -2.04. The van der Waals surface area contributed by atoms with Gasteiger partial charge < -0.3 is 5.11 Å². The highest BCUT2D eigenvalue weighted by Gasteiger charge is 1.98. The third-order valence-electron chi connectivity index (χ3n) is 1.94. The van der Waals surface area contributed by atoms with Crippen LogP contribution in [0.2, 0.25) is 0 Å². The molecule has 0 amide bonds. The summed E-state index contributed by atoms with van der Waals surface area (Å²) in [6.45, 7) is 1.80. The summed E-state index contributed by atoms with van der Waals surface area (Å²) in [7, 11) is 0. The largest absolute Gasteiger partial charge is 0.393 e. The standard InChI is InChI=1S/C12H14O/c1-3-11-5-4-6-12(9-11)8-7-10(2)13/h1,4-6,9-10,13H,7-8H2,2H3/t10-/m1/s1. The van der Waals surface area contributed by atoms with Gasteiger partial charge in [0, 0.05) is 5.56 Å². The van der Waals surface area contributed by atoms with Crippen LogP contribution < -0.4 is 0 Å². The van der Waals surface area contributed by atoms with Crippen molar-refractivity contribution in [1.29, 1.82) is 0 Å². The van der Waals surface area contributed by atoms with E-state index < -0.39 is 0 Å². The SMILES string of the molecule is C#Cc1cccc(CC[C@@H](C)O)c1. The highest BCUT2D eigenvalue weighted by Crippen LogP contribution is 2.07. The smallest absolute Gasteiger partial charge is 0.0515 e. The fourth-order valence-corrected chi connectivity index (χ4v) is 1.19. The minimum Gasteiger partial charge on any atom is -0.393 e. The second kappa shape index (κ2) is 4.69. The molecule has 0 spiro atoms. The van der Waals surface area contributed by atoms with Crippen LogP contribution >= 0.6 is 0 Å². The molecule has 0 aromatic heterocycles. The molecule has 0 unspecified atom stereocenters. The predicted octanol–water partition coefficient (Wildman–Crippen LogP) is 1.98. The van der Waals surface area contributed by atoms with Gasteiger partial charge in [-0.25, -0.2) is 0 Å². The minimum atomic E-state index is -0.241. The Morgan fingerprint density at radius 1 is 1.54 bits per heavy atom. The van der Waals surface area contributed by atoms with Crippen molar-refractivity contribution >= 4 is 0 Å². The Morgan fingerprint density at radius 2 is 2.31 bits per heavy atom. The van der Waals surface area contributed by atoms with Crippen LogP contribution in [0.1, 0.15) is 24.5 Å². The van der Waals surface area contributed by atoms with E-state index in [9.17, 15) is 0 Å². The zero-order valence-electron chi connectivity index (χ0n) is 7.83. The summed E-state index contributed by atoms with van der Waals surface area (Å²) < 4.78 is 0. The number of aliphatic hydroxyl groups excluding tert-OH is 1. The van der Waals surface area contributed by atoms with Gasteiger partial charge in [-0.1, -0.05) is 18.1 Å². The van der Waals surface area contributed by atoms with Crippen molar-refractivity contribution in [3.8, 4) is 12.3 Å². The normalized spacial score (nSPS) is 12.1. The minimum absolute atomic E-state index is 0.241. The summed E-state index contributed by atoms with van der Waals surface area (Å²) in [5, 5.41) is 9.10. The summed E-state index contributed by atoms with van der Waals surface area (Å²) in [6.07, 6.45) is 6.70. The summed E-state index contributed by atoms with van der Waals surface area (Å²) in [5.74, 6) is 2.59. The molecule has 0 aliphatic heterocycles. The number of hydrogen-bond donors (Lipinski definition) is 1. The zero-order valence-corrected chi connectivity index (χ0v) is 7.83. The van der Waals surface area contributed by atoms with Crippen LogP contribution in [0.4, 0.5) is 0 Å². The van der Waals surface area contributed by atoms with Crippen molar-refractivity contribution in [2.24, 2.45) is 0 Å². The Kier molecular flexibility index (Phi) is 3.54. The molecule has 0 saturated heterocycles. The molecule has 0 bridgehead atoms. The molecule has 1 heteroatoms. The third kappa shape index (κ3) is 3.31. The molecular formula is C12H14O. The van der Waals surface area contributed by atoms with E-state index in [0.29, 0.717) is 0 Å². The Balaban J connectivity index is 2.63. The summed E-state index contributed by atoms with van der Waals surface area (Å²) >= 11 is 0. The number of aryl methyl sites for hydroxylation is 1. The molecule has 1 aromatic rings. The lowest BCUT2D eigenvalue weighted by Crippen LogP contribution is -2.01. The van der Waals surface area contributed by atoms with Gasteiger partial charge >= 0.3 is 0 Å². The van der Waals surface area contributed by atoms with Crippen LogP contribution in [0.3, 0.4) is 0 Å². The Morgan fingerprint density at radius 3 is 2.92 bits per heavy atom. The molecule has 0 heterocycles. The van der Waals surface area contributed by atoms with Crippen molar-refractivity contribution in [3.63, 3.8) is 0 Å². The first-order valence-electron chi connectivity index (χ1n) is 4.46. The zero-order chi connectivity index (χ0) is 9.68. The van der Waals surface area contributed by atoms with E-state index in [1.54, 1.807) is 6.92 Å². The van der Waals surface area contributed by atoms with E-state index in [2.05, 4.69) is 5.92 Å². The quantitative estimate of drug-likeness (QED) is 0.695. The van der Waals surface area contributed by atoms with E-state index in [4.69, 9.17) is 11.5 Å². The summed E-state index contributed by atoms with van der Waals surface area (Å²) in [6, 6.07) is 7.88. The van der Waals surface area contributed by atoms with Gasteiger partial charge in [0.2, 0.25) is 0 Å². The molecule has 0 saturated carbocycles. The van der Waals surface area contributed by atoms with Gasteiger partial charge in [-0.15, -0.1) is 6.42 Å². The maximum absolute atomic E-state index is 9.10. The molecule has 0 fully saturated rings. The van der Waals surface area contributed by atoms with E-state index in [-0.39, 0.29) is 6.10 Å². The third-order valence-corrected chi connectivity index (χ3v) is 1.94. The molecule has 1 rings (SSSR count). The first-order chi connectivity index (χ1) is 6.22. The molecule has 1 N–H and O–H groups in total. The second-order valence-corrected chi connectivity index (χ2v) is 3.23. The number of aliphatic hydroxyl groups is 1. The van der Waals surface area contributed by atoms with Crippen molar-refractivity contribution in [2.75, 3.05) is 0 Å². The van der Waals surface area contributed by atoms with Gasteiger partial charge in [-0.05, 0) is 37.5 Å². The lowest BCUT2D eigenvalue weighted by molar-refractivity contribution is 0.185. The maximum Gasteiger partial charge on any atom is 0.0515 e. The van der Waals surface area contributed by atoms with Gasteiger partial charge in [0.1, 0.15) is 0 Å². The molecule has 13 heavy (non-hydrogen) atoms. The fraction of sp³-hybridized carbons (Fsp3) is 0.333. The van der Waals surface area contributed by atoms with Crippen molar-refractivity contribution in [3.05, 3.63) is 35.4 Å². The lowest BCUT2D eigenvalue weighted by atomic mass is 10.1. The van der Waals surface area contributed by atoms with Gasteiger partial charge in [-0.3, -0.25) is 0 Å². The topological polar surface area (TPSA) is 20.2 Å². The van der Waals surface area contributed by atoms with E-state index in [0.717, 1.165) is 18.4 Å². The Labute approximate surface area is 79.4 Å². The van der Waals surface area contributed by atoms with Crippen LogP contribution in [0.15, 0.2) is 24.3 Å². The van der Waals surface area contributed by atoms with Crippen molar-refractivity contribution < 1.29 is 5.11 Å². The first kappa shape index (κ1) is 9.83. The van der Waals surface area contributed by atoms with Crippen LogP contribution in [-0.4, -0.2) is 11.2 Å². The molecule has 1 aromatic carbocycles. The van der Waals surface area contributed by atoms with E-state index >= 15 is 0 Å². The summed E-state index contributed by atoms with van der Waals surface area (Å²) in [4.78, 5) is 0. The average molecular weight is 174 g/mol. The van der Waals surface area contributed by atoms with Crippen molar-refractivity contribution in [2.45, 2.75) is 25.9 Å². The second-order valence-electron chi connectivity index (χ2n) is 3.23. The van der Waals surface area contributed by atoms with Gasteiger partial charge in [0.25, 0.3) is 0 Å². The van der Waals surface area contributed by atoms with E-state index in [1.807, 2.05) is 24.3 Å². The fourth-order valence-electron chi connectivity index (χ4n) is 1.19. The van der Waals surface area contributed by atoms with Crippen LogP contribution in [0, 0.1) is 12.3 Å². The Hall–Kier alpha value is -1.26. The average Bonchev–Trinajstić information content (AvgIpc) is 2.15. The number of rotatable bonds is 3. The highest BCUT2D eigenvalue weighted by molar-refractivity contribution is 5.35.